The summed E-state index contributed by atoms with van der Waals surface area (Å²) in [6.45, 7) is 4.88. The van der Waals surface area contributed by atoms with Crippen LogP contribution in [0.25, 0.3) is 0 Å². The fraction of sp³-hybridized carbons (Fsp3) is 0.667. The van der Waals surface area contributed by atoms with Gasteiger partial charge in [0.15, 0.2) is 9.84 Å². The Morgan fingerprint density at radius 3 is 2.40 bits per heavy atom. The van der Waals surface area contributed by atoms with E-state index in [4.69, 9.17) is 10.2 Å². The largest absolute Gasteiger partial charge is 0.442 e. The standard InChI is InChI=1S/C9H16N2O3S/c1-6(10)8-11-5-7(14-8)9(2,3)15(4,12)13/h5-6H,10H2,1-4H3. The molecule has 15 heavy (non-hydrogen) atoms. The first-order valence-electron chi connectivity index (χ1n) is 4.57. The van der Waals surface area contributed by atoms with Gasteiger partial charge in [-0.1, -0.05) is 0 Å². The van der Waals surface area contributed by atoms with Crippen molar-refractivity contribution in [3.8, 4) is 0 Å². The fourth-order valence-electron chi connectivity index (χ4n) is 0.959. The normalized spacial score (nSPS) is 15.3. The molecule has 86 valence electrons. The summed E-state index contributed by atoms with van der Waals surface area (Å²) in [5.74, 6) is 0.666. The Morgan fingerprint density at radius 1 is 1.53 bits per heavy atom. The summed E-state index contributed by atoms with van der Waals surface area (Å²) >= 11 is 0. The van der Waals surface area contributed by atoms with Gasteiger partial charge in [-0.05, 0) is 20.8 Å². The fourth-order valence-corrected chi connectivity index (χ4v) is 1.42. The van der Waals surface area contributed by atoms with Gasteiger partial charge in [-0.3, -0.25) is 0 Å². The summed E-state index contributed by atoms with van der Waals surface area (Å²) in [6, 6.07) is -0.339. The van der Waals surface area contributed by atoms with Crippen molar-refractivity contribution in [2.75, 3.05) is 6.26 Å². The van der Waals surface area contributed by atoms with Crippen LogP contribution in [0, 0.1) is 0 Å². The van der Waals surface area contributed by atoms with Crippen LogP contribution in [0.2, 0.25) is 0 Å². The average Bonchev–Trinajstić information content (AvgIpc) is 2.49. The van der Waals surface area contributed by atoms with Gasteiger partial charge < -0.3 is 10.2 Å². The first-order chi connectivity index (χ1) is 6.66. The van der Waals surface area contributed by atoms with Gasteiger partial charge in [0.25, 0.3) is 0 Å². The molecule has 0 radical (unpaired) electrons. The summed E-state index contributed by atoms with van der Waals surface area (Å²) in [7, 11) is -3.24. The molecule has 1 unspecified atom stereocenters. The first kappa shape index (κ1) is 12.2. The summed E-state index contributed by atoms with van der Waals surface area (Å²) in [4.78, 5) is 3.94. The Bertz CT molecular complexity index is 446. The molecule has 1 heterocycles. The Hall–Kier alpha value is -0.880. The maximum absolute atomic E-state index is 11.5. The Kier molecular flexibility index (Phi) is 2.93. The predicted molar refractivity (Wildman–Crippen MR) is 57.0 cm³/mol. The maximum Gasteiger partial charge on any atom is 0.211 e. The molecule has 1 aromatic heterocycles. The van der Waals surface area contributed by atoms with Crippen LogP contribution >= 0.6 is 0 Å². The number of nitrogens with two attached hydrogens (primary N) is 1. The van der Waals surface area contributed by atoms with Gasteiger partial charge in [0, 0.05) is 6.26 Å². The molecule has 6 heteroatoms. The molecular formula is C9H16N2O3S. The van der Waals surface area contributed by atoms with Gasteiger partial charge in [-0.15, -0.1) is 0 Å². The van der Waals surface area contributed by atoms with E-state index in [0.717, 1.165) is 0 Å². The van der Waals surface area contributed by atoms with Gasteiger partial charge in [-0.25, -0.2) is 13.4 Å². The first-order valence-corrected chi connectivity index (χ1v) is 6.47. The van der Waals surface area contributed by atoms with E-state index in [0.29, 0.717) is 11.7 Å². The second kappa shape index (κ2) is 3.61. The van der Waals surface area contributed by atoms with Crippen molar-refractivity contribution >= 4 is 9.84 Å². The lowest BCUT2D eigenvalue weighted by molar-refractivity contribution is 0.397. The third kappa shape index (κ3) is 2.21. The number of nitrogens with zero attached hydrogens (tertiary/aromatic N) is 1. The van der Waals surface area contributed by atoms with Crippen LogP contribution in [0.3, 0.4) is 0 Å². The zero-order valence-electron chi connectivity index (χ0n) is 9.31. The molecule has 0 aliphatic carbocycles. The number of rotatable bonds is 3. The van der Waals surface area contributed by atoms with E-state index in [1.807, 2.05) is 0 Å². The van der Waals surface area contributed by atoms with Crippen molar-refractivity contribution in [1.29, 1.82) is 0 Å². The number of aromatic nitrogens is 1. The zero-order chi connectivity index (χ0) is 11.9. The third-order valence-corrected chi connectivity index (χ3v) is 4.49. The van der Waals surface area contributed by atoms with E-state index in [9.17, 15) is 8.42 Å². The van der Waals surface area contributed by atoms with Gasteiger partial charge in [0.1, 0.15) is 10.5 Å². The monoisotopic (exact) mass is 232 g/mol. The van der Waals surface area contributed by atoms with Crippen LogP contribution in [0.1, 0.15) is 38.5 Å². The molecule has 2 N–H and O–H groups in total. The highest BCUT2D eigenvalue weighted by atomic mass is 32.2. The summed E-state index contributed by atoms with van der Waals surface area (Å²) in [5.41, 5.74) is 5.57. The molecule has 1 atom stereocenters. The summed E-state index contributed by atoms with van der Waals surface area (Å²) < 4.78 is 27.3. The van der Waals surface area contributed by atoms with Crippen molar-refractivity contribution in [1.82, 2.24) is 4.98 Å². The SMILES string of the molecule is CC(N)c1ncc(C(C)(C)S(C)(=O)=O)o1. The predicted octanol–water partition coefficient (Wildman–Crippen LogP) is 0.974. The minimum absolute atomic E-state index is 0.317. The van der Waals surface area contributed by atoms with Gasteiger partial charge in [0.2, 0.25) is 5.89 Å². The molecule has 5 nitrogen and oxygen atoms in total. The number of hydrogen-bond donors (Lipinski definition) is 1. The minimum atomic E-state index is -3.24. The Morgan fingerprint density at radius 2 is 2.07 bits per heavy atom. The molecule has 1 rings (SSSR count). The van der Waals surface area contributed by atoms with E-state index in [1.165, 1.54) is 12.5 Å². The van der Waals surface area contributed by atoms with E-state index in [1.54, 1.807) is 20.8 Å². The molecule has 0 aromatic carbocycles. The Balaban J connectivity index is 3.17. The lowest BCUT2D eigenvalue weighted by Gasteiger charge is -2.18. The smallest absolute Gasteiger partial charge is 0.211 e. The highest BCUT2D eigenvalue weighted by molar-refractivity contribution is 7.91. The topological polar surface area (TPSA) is 86.2 Å². The molecule has 0 bridgehead atoms. The second-order valence-corrected chi connectivity index (χ2v) is 6.70. The van der Waals surface area contributed by atoms with Crippen LogP contribution in [0.5, 0.6) is 0 Å². The van der Waals surface area contributed by atoms with Crippen LogP contribution in [-0.2, 0) is 14.6 Å². The molecule has 0 aliphatic heterocycles. The summed E-state index contributed by atoms with van der Waals surface area (Å²) in [6.07, 6.45) is 2.58. The Labute approximate surface area is 89.6 Å². The number of sulfone groups is 1. The third-order valence-electron chi connectivity index (χ3n) is 2.43. The highest BCUT2D eigenvalue weighted by Crippen LogP contribution is 2.30. The lowest BCUT2D eigenvalue weighted by Crippen LogP contribution is -2.27. The van der Waals surface area contributed by atoms with Crippen molar-refractivity contribution in [3.63, 3.8) is 0 Å². The molecule has 0 saturated carbocycles. The molecular weight excluding hydrogens is 216 g/mol. The number of hydrogen-bond acceptors (Lipinski definition) is 5. The number of oxazole rings is 1. The zero-order valence-corrected chi connectivity index (χ0v) is 10.1. The van der Waals surface area contributed by atoms with Crippen molar-refractivity contribution in [2.24, 2.45) is 5.73 Å². The molecule has 0 aliphatic rings. The van der Waals surface area contributed by atoms with Crippen LogP contribution in [-0.4, -0.2) is 19.7 Å². The minimum Gasteiger partial charge on any atom is -0.442 e. The van der Waals surface area contributed by atoms with E-state index >= 15 is 0 Å². The van der Waals surface area contributed by atoms with Gasteiger partial charge in [-0.2, -0.15) is 0 Å². The highest BCUT2D eigenvalue weighted by Gasteiger charge is 2.36. The van der Waals surface area contributed by atoms with E-state index in [2.05, 4.69) is 4.98 Å². The van der Waals surface area contributed by atoms with E-state index < -0.39 is 14.6 Å². The molecule has 0 spiro atoms. The molecule has 0 fully saturated rings. The van der Waals surface area contributed by atoms with Crippen molar-refractivity contribution in [3.05, 3.63) is 17.8 Å². The van der Waals surface area contributed by atoms with Crippen LogP contribution < -0.4 is 5.73 Å². The molecule has 0 saturated heterocycles. The molecule has 1 aromatic rings. The average molecular weight is 232 g/mol. The van der Waals surface area contributed by atoms with Crippen LogP contribution in [0.15, 0.2) is 10.6 Å². The van der Waals surface area contributed by atoms with Crippen molar-refractivity contribution < 1.29 is 12.8 Å². The van der Waals surface area contributed by atoms with Crippen molar-refractivity contribution in [2.45, 2.75) is 31.6 Å². The lowest BCUT2D eigenvalue weighted by atomic mass is 10.2. The molecule has 0 amide bonds. The maximum atomic E-state index is 11.5. The second-order valence-electron chi connectivity index (χ2n) is 4.13. The summed E-state index contributed by atoms with van der Waals surface area (Å²) in [5, 5.41) is 0. The van der Waals surface area contributed by atoms with Crippen LogP contribution in [0.4, 0.5) is 0 Å². The van der Waals surface area contributed by atoms with Gasteiger partial charge in [0.05, 0.1) is 12.2 Å². The van der Waals surface area contributed by atoms with E-state index in [-0.39, 0.29) is 6.04 Å². The van der Waals surface area contributed by atoms with Gasteiger partial charge >= 0.3 is 0 Å². The quantitative estimate of drug-likeness (QED) is 0.839.